The summed E-state index contributed by atoms with van der Waals surface area (Å²) in [5, 5.41) is 2.90. The van der Waals surface area contributed by atoms with Crippen LogP contribution in [-0.2, 0) is 11.3 Å². The lowest BCUT2D eigenvalue weighted by Crippen LogP contribution is -2.36. The lowest BCUT2D eigenvalue weighted by Gasteiger charge is -2.30. The van der Waals surface area contributed by atoms with Gasteiger partial charge in [-0.2, -0.15) is 0 Å². The number of rotatable bonds is 5. The summed E-state index contributed by atoms with van der Waals surface area (Å²) in [5.41, 5.74) is 4.00. The maximum Gasteiger partial charge on any atom is 0.256 e. The van der Waals surface area contributed by atoms with E-state index in [1.54, 1.807) is 6.20 Å². The summed E-state index contributed by atoms with van der Waals surface area (Å²) in [7, 11) is 4.02. The molecule has 0 radical (unpaired) electrons. The van der Waals surface area contributed by atoms with E-state index in [1.165, 1.54) is 0 Å². The molecule has 1 fully saturated rings. The van der Waals surface area contributed by atoms with Gasteiger partial charge < -0.3 is 19.9 Å². The maximum atomic E-state index is 12.6. The number of hydrogen-bond acceptors (Lipinski definition) is 5. The first kappa shape index (κ1) is 18.4. The Balaban J connectivity index is 1.71. The summed E-state index contributed by atoms with van der Waals surface area (Å²) in [4.78, 5) is 21.2. The normalized spacial score (nSPS) is 14.5. The maximum absolute atomic E-state index is 12.6. The van der Waals surface area contributed by atoms with E-state index in [2.05, 4.69) is 20.1 Å². The summed E-state index contributed by atoms with van der Waals surface area (Å²) in [5.74, 6) is 0.431. The molecule has 1 aromatic heterocycles. The van der Waals surface area contributed by atoms with Crippen molar-refractivity contribution in [3.05, 3.63) is 53.2 Å². The molecule has 3 rings (SSSR count). The molecule has 138 valence electrons. The van der Waals surface area contributed by atoms with Gasteiger partial charge in [0, 0.05) is 37.1 Å². The van der Waals surface area contributed by atoms with Crippen LogP contribution in [0.15, 0.2) is 36.5 Å². The van der Waals surface area contributed by atoms with E-state index in [4.69, 9.17) is 4.74 Å². The molecule has 26 heavy (non-hydrogen) atoms. The Morgan fingerprint density at radius 1 is 1.23 bits per heavy atom. The van der Waals surface area contributed by atoms with Gasteiger partial charge in [0.2, 0.25) is 0 Å². The predicted molar refractivity (Wildman–Crippen MR) is 104 cm³/mol. The van der Waals surface area contributed by atoms with E-state index in [-0.39, 0.29) is 5.91 Å². The van der Waals surface area contributed by atoms with Crippen molar-refractivity contribution < 1.29 is 9.53 Å². The van der Waals surface area contributed by atoms with E-state index in [9.17, 15) is 4.79 Å². The number of carbonyl (C=O) groups excluding carboxylic acids is 1. The minimum absolute atomic E-state index is 0.142. The number of hydrogen-bond donors (Lipinski definition) is 1. The number of carbonyl (C=O) groups is 1. The minimum atomic E-state index is -0.142. The molecule has 0 aliphatic carbocycles. The van der Waals surface area contributed by atoms with Gasteiger partial charge in [0.25, 0.3) is 5.91 Å². The highest BCUT2D eigenvalue weighted by atomic mass is 16.5. The molecule has 0 saturated carbocycles. The Bertz CT molecular complexity index is 770. The highest BCUT2D eigenvalue weighted by Gasteiger charge is 2.15. The van der Waals surface area contributed by atoms with Crippen LogP contribution in [-0.4, -0.2) is 56.2 Å². The van der Waals surface area contributed by atoms with E-state index < -0.39 is 0 Å². The third-order valence-electron chi connectivity index (χ3n) is 4.38. The van der Waals surface area contributed by atoms with Crippen LogP contribution in [0.3, 0.4) is 0 Å². The Labute approximate surface area is 154 Å². The monoisotopic (exact) mass is 354 g/mol. The summed E-state index contributed by atoms with van der Waals surface area (Å²) < 4.78 is 5.41. The molecule has 6 heteroatoms. The molecule has 0 bridgehead atoms. The highest BCUT2D eigenvalue weighted by molar-refractivity contribution is 6.04. The second-order valence-electron chi connectivity index (χ2n) is 6.84. The molecule has 1 N–H and O–H groups in total. The number of anilines is 2. The van der Waals surface area contributed by atoms with Crippen molar-refractivity contribution in [2.45, 2.75) is 13.5 Å². The fourth-order valence-electron chi connectivity index (χ4n) is 3.15. The van der Waals surface area contributed by atoms with Crippen LogP contribution in [0.4, 0.5) is 11.5 Å². The third kappa shape index (κ3) is 4.59. The van der Waals surface area contributed by atoms with Crippen molar-refractivity contribution >= 4 is 17.4 Å². The summed E-state index contributed by atoms with van der Waals surface area (Å²) in [6.07, 6.45) is 1.72. The van der Waals surface area contributed by atoms with Gasteiger partial charge >= 0.3 is 0 Å². The molecule has 0 spiro atoms. The first-order chi connectivity index (χ1) is 12.5. The number of morpholine rings is 1. The van der Waals surface area contributed by atoms with E-state index >= 15 is 0 Å². The molecule has 2 aromatic rings. The van der Waals surface area contributed by atoms with Gasteiger partial charge in [-0.3, -0.25) is 4.79 Å². The number of aromatic nitrogens is 1. The smallest absolute Gasteiger partial charge is 0.256 e. The van der Waals surface area contributed by atoms with Crippen molar-refractivity contribution in [2.75, 3.05) is 50.6 Å². The Morgan fingerprint density at radius 2 is 2.00 bits per heavy atom. The fourth-order valence-corrected chi connectivity index (χ4v) is 3.15. The Hall–Kier alpha value is -2.44. The van der Waals surface area contributed by atoms with Crippen LogP contribution in [0.1, 0.15) is 21.5 Å². The second-order valence-corrected chi connectivity index (χ2v) is 6.84. The molecule has 1 aliphatic heterocycles. The SMILES string of the molecule is Cc1cc(C(=O)Nc2cc(CN(C)C)ccn2)ccc1N1CCOCC1. The number of amides is 1. The van der Waals surface area contributed by atoms with Crippen molar-refractivity contribution in [3.63, 3.8) is 0 Å². The van der Waals surface area contributed by atoms with Gasteiger partial charge in [0.05, 0.1) is 13.2 Å². The lowest BCUT2D eigenvalue weighted by atomic mass is 10.1. The van der Waals surface area contributed by atoms with Gasteiger partial charge in [-0.15, -0.1) is 0 Å². The fraction of sp³-hybridized carbons (Fsp3) is 0.400. The zero-order chi connectivity index (χ0) is 18.5. The van der Waals surface area contributed by atoms with Crippen molar-refractivity contribution in [3.8, 4) is 0 Å². The second kappa shape index (κ2) is 8.29. The molecule has 0 atom stereocenters. The quantitative estimate of drug-likeness (QED) is 0.894. The van der Waals surface area contributed by atoms with Crippen molar-refractivity contribution in [2.24, 2.45) is 0 Å². The van der Waals surface area contributed by atoms with Gasteiger partial charge in [0.15, 0.2) is 0 Å². The summed E-state index contributed by atoms with van der Waals surface area (Å²) in [6.45, 7) is 6.10. The largest absolute Gasteiger partial charge is 0.378 e. The number of pyridine rings is 1. The summed E-state index contributed by atoms with van der Waals surface area (Å²) >= 11 is 0. The standard InChI is InChI=1S/C20H26N4O2/c1-15-12-17(4-5-18(15)24-8-10-26-11-9-24)20(25)22-19-13-16(6-7-21-19)14-23(2)3/h4-7,12-13H,8-11,14H2,1-3H3,(H,21,22,25). The van der Waals surface area contributed by atoms with Crippen LogP contribution >= 0.6 is 0 Å². The van der Waals surface area contributed by atoms with Crippen LogP contribution in [0.5, 0.6) is 0 Å². The molecule has 0 unspecified atom stereocenters. The Morgan fingerprint density at radius 3 is 2.69 bits per heavy atom. The van der Waals surface area contributed by atoms with E-state index in [1.807, 2.05) is 51.4 Å². The van der Waals surface area contributed by atoms with Gasteiger partial charge in [-0.05, 0) is 62.5 Å². The predicted octanol–water partition coefficient (Wildman–Crippen LogP) is 2.54. The average molecular weight is 354 g/mol. The Kier molecular flexibility index (Phi) is 5.85. The zero-order valence-electron chi connectivity index (χ0n) is 15.7. The molecule has 1 aliphatic rings. The number of nitrogens with zero attached hydrogens (tertiary/aromatic N) is 3. The lowest BCUT2D eigenvalue weighted by molar-refractivity contribution is 0.102. The van der Waals surface area contributed by atoms with Crippen LogP contribution in [0.25, 0.3) is 0 Å². The van der Waals surface area contributed by atoms with E-state index in [0.717, 1.165) is 49.7 Å². The number of benzene rings is 1. The van der Waals surface area contributed by atoms with Gasteiger partial charge in [-0.1, -0.05) is 0 Å². The molecule has 2 heterocycles. The molecule has 1 amide bonds. The van der Waals surface area contributed by atoms with Crippen LogP contribution in [0.2, 0.25) is 0 Å². The van der Waals surface area contributed by atoms with Crippen molar-refractivity contribution in [1.29, 1.82) is 0 Å². The zero-order valence-corrected chi connectivity index (χ0v) is 15.7. The molecular weight excluding hydrogens is 328 g/mol. The molecular formula is C20H26N4O2. The van der Waals surface area contributed by atoms with Crippen molar-refractivity contribution in [1.82, 2.24) is 9.88 Å². The van der Waals surface area contributed by atoms with Gasteiger partial charge in [0.1, 0.15) is 5.82 Å². The molecule has 1 saturated heterocycles. The molecule has 6 nitrogen and oxygen atoms in total. The first-order valence-electron chi connectivity index (χ1n) is 8.87. The number of nitrogens with one attached hydrogen (secondary N) is 1. The van der Waals surface area contributed by atoms with E-state index in [0.29, 0.717) is 11.4 Å². The molecule has 1 aromatic carbocycles. The van der Waals surface area contributed by atoms with Crippen LogP contribution < -0.4 is 10.2 Å². The topological polar surface area (TPSA) is 57.7 Å². The number of ether oxygens (including phenoxy) is 1. The van der Waals surface area contributed by atoms with Gasteiger partial charge in [-0.25, -0.2) is 4.98 Å². The average Bonchev–Trinajstić information content (AvgIpc) is 2.62. The first-order valence-corrected chi connectivity index (χ1v) is 8.87. The van der Waals surface area contributed by atoms with Crippen LogP contribution in [0, 0.1) is 6.92 Å². The minimum Gasteiger partial charge on any atom is -0.378 e. The number of aryl methyl sites for hydroxylation is 1. The third-order valence-corrected chi connectivity index (χ3v) is 4.38. The summed E-state index contributed by atoms with van der Waals surface area (Å²) in [6, 6.07) is 9.69. The highest BCUT2D eigenvalue weighted by Crippen LogP contribution is 2.23.